The van der Waals surface area contributed by atoms with Crippen molar-refractivity contribution in [3.8, 4) is 0 Å². The van der Waals surface area contributed by atoms with Gasteiger partial charge in [-0.05, 0) is 61.2 Å². The van der Waals surface area contributed by atoms with Crippen LogP contribution in [0.5, 0.6) is 0 Å². The number of carbonyl (C=O) groups excluding carboxylic acids is 2. The molecule has 0 spiro atoms. The summed E-state index contributed by atoms with van der Waals surface area (Å²) in [5, 5.41) is 21.6. The first-order valence-electron chi connectivity index (χ1n) is 11.9. The second-order valence-corrected chi connectivity index (χ2v) is 11.9. The molecule has 6 heteroatoms. The molecule has 4 aliphatic carbocycles. The minimum Gasteiger partial charge on any atom is -0.392 e. The van der Waals surface area contributed by atoms with Crippen molar-refractivity contribution in [1.82, 2.24) is 9.80 Å². The van der Waals surface area contributed by atoms with Gasteiger partial charge in [0.05, 0.1) is 23.0 Å². The number of nitrogens with zero attached hydrogens (tertiary/aromatic N) is 2. The SMILES string of the molecule is CC1(C)[C@@H]2CC[C@@]1(C(=O)N1CCN(C(=O)[C@]34CC[C@H](C[C@H]3O)C4(C)C)CC1)[C@H](O)C2. The predicted octanol–water partition coefficient (Wildman–Crippen LogP) is 2.03. The number of rotatable bonds is 2. The topological polar surface area (TPSA) is 81.1 Å². The number of piperazine rings is 1. The maximum absolute atomic E-state index is 13.6. The summed E-state index contributed by atoms with van der Waals surface area (Å²) < 4.78 is 0. The third-order valence-electron chi connectivity index (χ3n) is 10.9. The minimum absolute atomic E-state index is 0.0902. The van der Waals surface area contributed by atoms with Gasteiger partial charge >= 0.3 is 0 Å². The summed E-state index contributed by atoms with van der Waals surface area (Å²) in [5.41, 5.74) is -1.67. The van der Waals surface area contributed by atoms with E-state index in [-0.39, 0.29) is 22.6 Å². The highest BCUT2D eigenvalue weighted by atomic mass is 16.3. The van der Waals surface area contributed by atoms with Crippen molar-refractivity contribution >= 4 is 11.8 Å². The molecule has 0 aromatic heterocycles. The van der Waals surface area contributed by atoms with Crippen LogP contribution in [0, 0.1) is 33.5 Å². The number of hydrogen-bond donors (Lipinski definition) is 2. The van der Waals surface area contributed by atoms with E-state index in [0.717, 1.165) is 38.5 Å². The van der Waals surface area contributed by atoms with E-state index in [9.17, 15) is 19.8 Å². The lowest BCUT2D eigenvalue weighted by atomic mass is 9.67. The van der Waals surface area contributed by atoms with E-state index in [0.29, 0.717) is 38.0 Å². The molecule has 6 atom stereocenters. The highest BCUT2D eigenvalue weighted by Gasteiger charge is 2.70. The first-order valence-corrected chi connectivity index (χ1v) is 11.9. The van der Waals surface area contributed by atoms with E-state index >= 15 is 0 Å². The Hall–Kier alpha value is -1.14. The Labute approximate surface area is 180 Å². The summed E-state index contributed by atoms with van der Waals surface area (Å²) >= 11 is 0. The van der Waals surface area contributed by atoms with Gasteiger partial charge in [0.15, 0.2) is 0 Å². The second-order valence-electron chi connectivity index (χ2n) is 11.9. The van der Waals surface area contributed by atoms with Gasteiger partial charge in [0.25, 0.3) is 0 Å². The number of hydrogen-bond acceptors (Lipinski definition) is 4. The number of fused-ring (bicyclic) bond motifs is 4. The zero-order valence-electron chi connectivity index (χ0n) is 19.0. The molecule has 0 aromatic rings. The average Bonchev–Trinajstić information content (AvgIpc) is 3.26. The quantitative estimate of drug-likeness (QED) is 0.719. The van der Waals surface area contributed by atoms with Crippen molar-refractivity contribution in [3.63, 3.8) is 0 Å². The largest absolute Gasteiger partial charge is 0.392 e. The average molecular weight is 419 g/mol. The van der Waals surface area contributed by atoms with Gasteiger partial charge in [-0.15, -0.1) is 0 Å². The molecule has 0 aromatic carbocycles. The maximum atomic E-state index is 13.6. The molecule has 2 amide bonds. The second kappa shape index (κ2) is 6.22. The lowest BCUT2D eigenvalue weighted by molar-refractivity contribution is -0.163. The molecule has 0 radical (unpaired) electrons. The smallest absolute Gasteiger partial charge is 0.232 e. The van der Waals surface area contributed by atoms with Crippen LogP contribution in [0.4, 0.5) is 0 Å². The van der Waals surface area contributed by atoms with Gasteiger partial charge in [-0.3, -0.25) is 9.59 Å². The van der Waals surface area contributed by atoms with Crippen LogP contribution in [0.25, 0.3) is 0 Å². The predicted molar refractivity (Wildman–Crippen MR) is 112 cm³/mol. The molecule has 4 saturated carbocycles. The number of amides is 2. The Balaban J connectivity index is 1.31. The van der Waals surface area contributed by atoms with Crippen molar-refractivity contribution in [2.45, 2.75) is 78.4 Å². The van der Waals surface area contributed by atoms with Gasteiger partial charge in [0, 0.05) is 26.2 Å². The fraction of sp³-hybridized carbons (Fsp3) is 0.917. The Morgan fingerprint density at radius 2 is 1.03 bits per heavy atom. The van der Waals surface area contributed by atoms with Gasteiger partial charge in [0.1, 0.15) is 0 Å². The Kier molecular flexibility index (Phi) is 4.30. The van der Waals surface area contributed by atoms with Crippen LogP contribution in [-0.2, 0) is 9.59 Å². The number of aliphatic hydroxyl groups excluding tert-OH is 2. The fourth-order valence-electron chi connectivity index (χ4n) is 8.58. The van der Waals surface area contributed by atoms with Crippen LogP contribution in [0.2, 0.25) is 0 Å². The zero-order chi connectivity index (χ0) is 21.7. The van der Waals surface area contributed by atoms with Gasteiger partial charge in [0.2, 0.25) is 11.8 Å². The first-order chi connectivity index (χ1) is 14.0. The molecule has 5 rings (SSSR count). The molecule has 30 heavy (non-hydrogen) atoms. The highest BCUT2D eigenvalue weighted by molar-refractivity contribution is 5.87. The van der Waals surface area contributed by atoms with Crippen molar-refractivity contribution in [3.05, 3.63) is 0 Å². The molecular formula is C24H38N2O4. The van der Waals surface area contributed by atoms with Crippen molar-refractivity contribution in [1.29, 1.82) is 0 Å². The third-order valence-corrected chi connectivity index (χ3v) is 10.9. The van der Waals surface area contributed by atoms with E-state index < -0.39 is 23.0 Å². The van der Waals surface area contributed by atoms with Gasteiger partial charge < -0.3 is 20.0 Å². The molecule has 4 bridgehead atoms. The third kappa shape index (κ3) is 2.18. The molecule has 168 valence electrons. The Morgan fingerprint density at radius 3 is 1.27 bits per heavy atom. The molecule has 6 nitrogen and oxygen atoms in total. The zero-order valence-corrected chi connectivity index (χ0v) is 19.0. The highest BCUT2D eigenvalue weighted by Crippen LogP contribution is 2.67. The molecule has 5 aliphatic rings. The number of aliphatic hydroxyl groups is 2. The molecule has 1 saturated heterocycles. The van der Waals surface area contributed by atoms with Crippen LogP contribution in [0.15, 0.2) is 0 Å². The maximum Gasteiger partial charge on any atom is 0.232 e. The Bertz CT molecular complexity index is 707. The lowest BCUT2D eigenvalue weighted by Gasteiger charge is -2.47. The van der Waals surface area contributed by atoms with E-state index in [1.165, 1.54) is 0 Å². The fourth-order valence-corrected chi connectivity index (χ4v) is 8.58. The lowest BCUT2D eigenvalue weighted by Crippen LogP contribution is -2.61. The van der Waals surface area contributed by atoms with E-state index in [1.54, 1.807) is 0 Å². The molecule has 5 fully saturated rings. The van der Waals surface area contributed by atoms with Crippen molar-refractivity contribution in [2.24, 2.45) is 33.5 Å². The Morgan fingerprint density at radius 1 is 0.700 bits per heavy atom. The summed E-state index contributed by atoms with van der Waals surface area (Å²) in [5.74, 6) is 1.01. The molecule has 0 unspecified atom stereocenters. The van der Waals surface area contributed by atoms with Gasteiger partial charge in [-0.2, -0.15) is 0 Å². The summed E-state index contributed by atoms with van der Waals surface area (Å²) in [7, 11) is 0. The summed E-state index contributed by atoms with van der Waals surface area (Å²) in [4.78, 5) is 31.1. The van der Waals surface area contributed by atoms with Crippen molar-refractivity contribution in [2.75, 3.05) is 26.2 Å². The summed E-state index contributed by atoms with van der Waals surface area (Å²) in [6, 6.07) is 0. The minimum atomic E-state index is -0.662. The summed E-state index contributed by atoms with van der Waals surface area (Å²) in [6.45, 7) is 10.7. The van der Waals surface area contributed by atoms with E-state index in [2.05, 4.69) is 27.7 Å². The van der Waals surface area contributed by atoms with Crippen LogP contribution >= 0.6 is 0 Å². The molecular weight excluding hydrogens is 380 g/mol. The molecule has 1 heterocycles. The molecule has 1 aliphatic heterocycles. The normalized spacial score (nSPS) is 45.9. The van der Waals surface area contributed by atoms with Crippen LogP contribution in [0.3, 0.4) is 0 Å². The number of carbonyl (C=O) groups is 2. The monoisotopic (exact) mass is 418 g/mol. The van der Waals surface area contributed by atoms with Crippen LogP contribution in [-0.4, -0.2) is 70.2 Å². The standard InChI is InChI=1S/C24H38N2O4/c1-21(2)15-5-7-23(21,17(27)13-15)19(29)25-9-11-26(12-10-25)20(30)24-8-6-16(14-18(24)28)22(24,3)4/h15-18,27-28H,5-14H2,1-4H3/t15-,16-,17-,18-,23+,24+/m1/s1. The van der Waals surface area contributed by atoms with Crippen molar-refractivity contribution < 1.29 is 19.8 Å². The van der Waals surface area contributed by atoms with Crippen LogP contribution < -0.4 is 0 Å². The summed E-state index contributed by atoms with van der Waals surface area (Å²) in [6.07, 6.45) is 3.94. The van der Waals surface area contributed by atoms with E-state index in [4.69, 9.17) is 0 Å². The molecule has 2 N–H and O–H groups in total. The first kappa shape index (κ1) is 20.7. The van der Waals surface area contributed by atoms with Gasteiger partial charge in [-0.1, -0.05) is 27.7 Å². The van der Waals surface area contributed by atoms with Gasteiger partial charge in [-0.25, -0.2) is 0 Å². The van der Waals surface area contributed by atoms with E-state index in [1.807, 2.05) is 9.80 Å². The van der Waals surface area contributed by atoms with Crippen LogP contribution in [0.1, 0.15) is 66.2 Å².